The molecule has 4 unspecified atom stereocenters. The van der Waals surface area contributed by atoms with Crippen molar-refractivity contribution in [3.05, 3.63) is 59.3 Å². The topological polar surface area (TPSA) is 112 Å². The molecule has 45 heavy (non-hydrogen) atoms. The quantitative estimate of drug-likeness (QED) is 0.379. The number of benzene rings is 1. The van der Waals surface area contributed by atoms with Gasteiger partial charge in [0.05, 0.1) is 17.6 Å². The first-order chi connectivity index (χ1) is 21.0. The molecule has 1 aromatic carbocycles. The Balaban J connectivity index is 1.94. The Kier molecular flexibility index (Phi) is 10.2. The zero-order chi connectivity index (χ0) is 33.3. The van der Waals surface area contributed by atoms with Gasteiger partial charge in [-0.2, -0.15) is 25.9 Å². The minimum atomic E-state index is -4.62. The largest absolute Gasteiger partial charge is 0.416 e. The molecule has 0 radical (unpaired) electrons. The molecule has 1 aliphatic carbocycles. The maximum absolute atomic E-state index is 14.6. The molecule has 2 aliphatic rings. The number of anilines is 1. The van der Waals surface area contributed by atoms with Crippen LogP contribution in [-0.4, -0.2) is 60.1 Å². The molecule has 2 amide bonds. The third-order valence-electron chi connectivity index (χ3n) is 8.97. The predicted molar refractivity (Wildman–Crippen MR) is 166 cm³/mol. The molecule has 4 rings (SSSR count). The van der Waals surface area contributed by atoms with Gasteiger partial charge in [0.2, 0.25) is 5.91 Å². The summed E-state index contributed by atoms with van der Waals surface area (Å²) in [6.45, 7) is 8.83. The van der Waals surface area contributed by atoms with E-state index in [1.807, 2.05) is 39.0 Å². The van der Waals surface area contributed by atoms with Gasteiger partial charge in [-0.1, -0.05) is 77.3 Å². The second kappa shape index (κ2) is 13.3. The predicted octanol–water partition coefficient (Wildman–Crippen LogP) is 5.70. The summed E-state index contributed by atoms with van der Waals surface area (Å²) in [6, 6.07) is 8.03. The minimum Gasteiger partial charge on any atom is -0.364 e. The van der Waals surface area contributed by atoms with Gasteiger partial charge in [0.25, 0.3) is 5.91 Å². The van der Waals surface area contributed by atoms with Gasteiger partial charge in [-0.05, 0) is 42.9 Å². The molecule has 2 aromatic rings. The van der Waals surface area contributed by atoms with Crippen molar-refractivity contribution in [1.29, 1.82) is 0 Å². The van der Waals surface area contributed by atoms with Crippen LogP contribution in [0.5, 0.6) is 0 Å². The molecule has 1 aliphatic heterocycles. The van der Waals surface area contributed by atoms with Crippen LogP contribution in [0.2, 0.25) is 0 Å². The maximum atomic E-state index is 14.6. The monoisotopic (exact) mass is 651 g/mol. The fraction of sp³-hybridized carbons (Fsp3) is 0.594. The molecule has 9 nitrogen and oxygen atoms in total. The van der Waals surface area contributed by atoms with E-state index in [1.165, 1.54) is 18.9 Å². The van der Waals surface area contributed by atoms with Crippen molar-refractivity contribution in [2.45, 2.75) is 91.0 Å². The van der Waals surface area contributed by atoms with Crippen molar-refractivity contribution in [2.75, 3.05) is 18.9 Å². The Labute approximate surface area is 264 Å². The van der Waals surface area contributed by atoms with Crippen LogP contribution in [-0.2, 0) is 26.0 Å². The number of carbonyl (C=O) groups is 2. The van der Waals surface area contributed by atoms with Crippen LogP contribution >= 0.6 is 0 Å². The van der Waals surface area contributed by atoms with Gasteiger partial charge in [-0.3, -0.25) is 9.59 Å². The zero-order valence-electron chi connectivity index (χ0n) is 26.7. The first-order valence-electron chi connectivity index (χ1n) is 15.4. The molecule has 4 atom stereocenters. The molecular weight excluding hydrogens is 607 g/mol. The normalized spacial score (nSPS) is 23.3. The number of rotatable bonds is 8. The molecule has 248 valence electrons. The molecule has 1 saturated carbocycles. The molecule has 2 N–H and O–H groups in total. The van der Waals surface area contributed by atoms with E-state index in [2.05, 4.69) is 15.0 Å². The van der Waals surface area contributed by atoms with Gasteiger partial charge in [0, 0.05) is 31.1 Å². The summed E-state index contributed by atoms with van der Waals surface area (Å²) in [5.41, 5.74) is -0.795. The van der Waals surface area contributed by atoms with Crippen LogP contribution in [0, 0.1) is 24.2 Å². The van der Waals surface area contributed by atoms with Crippen molar-refractivity contribution < 1.29 is 31.2 Å². The molecule has 0 spiro atoms. The third-order valence-corrected chi connectivity index (χ3v) is 10.5. The maximum Gasteiger partial charge on any atom is 0.416 e. The number of aromatic nitrogens is 1. The lowest BCUT2D eigenvalue weighted by Gasteiger charge is -2.37. The Morgan fingerprint density at radius 1 is 1.04 bits per heavy atom. The summed E-state index contributed by atoms with van der Waals surface area (Å²) in [7, 11) is -2.90. The van der Waals surface area contributed by atoms with E-state index in [9.17, 15) is 31.2 Å². The van der Waals surface area contributed by atoms with Crippen molar-refractivity contribution in [2.24, 2.45) is 17.3 Å². The molecule has 2 heterocycles. The number of hydrogen-bond acceptors (Lipinski definition) is 6. The van der Waals surface area contributed by atoms with E-state index in [1.54, 1.807) is 19.1 Å². The van der Waals surface area contributed by atoms with Gasteiger partial charge in [0.15, 0.2) is 0 Å². The average Bonchev–Trinajstić information content (AvgIpc) is 3.31. The number of aryl methyl sites for hydroxylation is 1. The highest BCUT2D eigenvalue weighted by atomic mass is 32.2. The Hall–Kier alpha value is -3.19. The van der Waals surface area contributed by atoms with Crippen LogP contribution in [0.4, 0.5) is 19.0 Å². The van der Waals surface area contributed by atoms with Gasteiger partial charge >= 0.3 is 16.4 Å². The summed E-state index contributed by atoms with van der Waals surface area (Å²) in [5.74, 6) is -2.29. The minimum absolute atomic E-state index is 0.0491. The van der Waals surface area contributed by atoms with E-state index in [-0.39, 0.29) is 29.9 Å². The van der Waals surface area contributed by atoms with Crippen molar-refractivity contribution in [3.63, 3.8) is 0 Å². The number of halogens is 3. The number of nitrogens with zero attached hydrogens (tertiary/aromatic N) is 3. The van der Waals surface area contributed by atoms with Gasteiger partial charge < -0.3 is 10.2 Å². The van der Waals surface area contributed by atoms with E-state index in [0.717, 1.165) is 35.7 Å². The standard InChI is InChI=1S/C32H44F3N5O4S/c1-7-39(6)45(43,44)38-29(41)28-25(31(3,4)5)26(37-24-19-23(32(33,34)35)18-20(2)36-24)27(21-14-10-8-11-15-21)40(28)30(42)22-16-12-9-13-17-22/h8,10-11,14-15,18-19,22,25-28H,7,9,12-13,16-17H2,1-6H3,(H,36,37)(H,38,41). The second-order valence-corrected chi connectivity index (χ2v) is 15.0. The lowest BCUT2D eigenvalue weighted by atomic mass is 9.72. The van der Waals surface area contributed by atoms with Crippen molar-refractivity contribution in [3.8, 4) is 0 Å². The smallest absolute Gasteiger partial charge is 0.364 e. The summed E-state index contributed by atoms with van der Waals surface area (Å²) in [5, 5.41) is 3.22. The van der Waals surface area contributed by atoms with Gasteiger partial charge in [-0.15, -0.1) is 0 Å². The molecular formula is C32H44F3N5O4S. The first kappa shape index (κ1) is 34.7. The van der Waals surface area contributed by atoms with Crippen LogP contribution in [0.3, 0.4) is 0 Å². The summed E-state index contributed by atoms with van der Waals surface area (Å²) < 4.78 is 71.0. The fourth-order valence-electron chi connectivity index (χ4n) is 6.75. The van der Waals surface area contributed by atoms with Crippen molar-refractivity contribution in [1.82, 2.24) is 18.9 Å². The molecule has 0 bridgehead atoms. The Morgan fingerprint density at radius 2 is 1.67 bits per heavy atom. The fourth-order valence-corrected chi connectivity index (χ4v) is 7.62. The number of nitrogens with one attached hydrogen (secondary N) is 2. The number of amides is 2. The second-order valence-electron chi connectivity index (χ2n) is 13.2. The lowest BCUT2D eigenvalue weighted by Crippen LogP contribution is -2.55. The Bertz CT molecular complexity index is 1470. The third kappa shape index (κ3) is 7.62. The van der Waals surface area contributed by atoms with E-state index in [4.69, 9.17) is 0 Å². The van der Waals surface area contributed by atoms with Gasteiger partial charge in [-0.25, -0.2) is 9.71 Å². The SMILES string of the molecule is CCN(C)S(=O)(=O)NC(=O)C1C(C(C)(C)C)C(Nc2cc(C(F)(F)F)cc(C)n2)C(c2ccccc2)N1C(=O)C1CCCCC1. The van der Waals surface area contributed by atoms with E-state index < -0.39 is 57.3 Å². The van der Waals surface area contributed by atoms with Gasteiger partial charge in [0.1, 0.15) is 11.9 Å². The first-order valence-corrected chi connectivity index (χ1v) is 16.9. The number of carbonyl (C=O) groups excluding carboxylic acids is 2. The van der Waals surface area contributed by atoms with Crippen LogP contribution < -0.4 is 10.0 Å². The van der Waals surface area contributed by atoms with Crippen LogP contribution in [0.25, 0.3) is 0 Å². The summed E-state index contributed by atoms with van der Waals surface area (Å²) >= 11 is 0. The zero-order valence-corrected chi connectivity index (χ0v) is 27.5. The molecule has 1 saturated heterocycles. The highest BCUT2D eigenvalue weighted by Gasteiger charge is 2.59. The van der Waals surface area contributed by atoms with E-state index >= 15 is 0 Å². The summed E-state index contributed by atoms with van der Waals surface area (Å²) in [6.07, 6.45) is -0.654. The molecule has 1 aromatic heterocycles. The highest BCUT2D eigenvalue weighted by molar-refractivity contribution is 7.87. The van der Waals surface area contributed by atoms with E-state index in [0.29, 0.717) is 18.4 Å². The average molecular weight is 652 g/mol. The number of alkyl halides is 3. The number of likely N-dealkylation sites (tertiary alicyclic amines) is 1. The van der Waals surface area contributed by atoms with Crippen LogP contribution in [0.1, 0.15) is 82.7 Å². The highest BCUT2D eigenvalue weighted by Crippen LogP contribution is 2.50. The molecule has 13 heteroatoms. The number of hydrogen-bond donors (Lipinski definition) is 2. The summed E-state index contributed by atoms with van der Waals surface area (Å²) in [4.78, 5) is 34.7. The van der Waals surface area contributed by atoms with Crippen LogP contribution in [0.15, 0.2) is 42.5 Å². The Morgan fingerprint density at radius 3 is 2.22 bits per heavy atom. The number of pyridine rings is 1. The lowest BCUT2D eigenvalue weighted by molar-refractivity contribution is -0.145. The molecule has 2 fully saturated rings. The van der Waals surface area contributed by atoms with Crippen molar-refractivity contribution >= 4 is 27.8 Å².